The Morgan fingerprint density at radius 3 is 2.72 bits per heavy atom. The van der Waals surface area contributed by atoms with Gasteiger partial charge in [0.1, 0.15) is 4.88 Å². The molecule has 7 nitrogen and oxygen atoms in total. The van der Waals surface area contributed by atoms with Crippen LogP contribution in [0.5, 0.6) is 0 Å². The highest BCUT2D eigenvalue weighted by Crippen LogP contribution is 2.22. The molecule has 25 heavy (non-hydrogen) atoms. The second-order valence-corrected chi connectivity index (χ2v) is 6.66. The van der Waals surface area contributed by atoms with Crippen molar-refractivity contribution in [1.29, 1.82) is 0 Å². The number of nitrogens with one attached hydrogen (secondary N) is 1. The lowest BCUT2D eigenvalue weighted by Crippen LogP contribution is -2.27. The summed E-state index contributed by atoms with van der Waals surface area (Å²) < 4.78 is 3.76. The molecule has 1 amide bonds. The zero-order valence-electron chi connectivity index (χ0n) is 13.7. The van der Waals surface area contributed by atoms with Gasteiger partial charge >= 0.3 is 0 Å². The highest BCUT2D eigenvalue weighted by Gasteiger charge is 2.20. The lowest BCUT2D eigenvalue weighted by atomic mass is 10.3. The number of nitrogens with zero attached hydrogens (tertiary/aromatic N) is 5. The quantitative estimate of drug-likeness (QED) is 0.613. The Hall–Kier alpha value is -3.00. The third kappa shape index (κ3) is 2.80. The molecule has 1 atom stereocenters. The minimum atomic E-state index is -0.276. The van der Waals surface area contributed by atoms with Crippen LogP contribution in [0, 0.1) is 6.92 Å². The topological polar surface area (TPSA) is 77.1 Å². The van der Waals surface area contributed by atoms with Crippen molar-refractivity contribution in [2.75, 3.05) is 0 Å². The van der Waals surface area contributed by atoms with E-state index in [0.717, 1.165) is 10.8 Å². The maximum atomic E-state index is 12.7. The predicted octanol–water partition coefficient (Wildman–Crippen LogP) is 2.78. The van der Waals surface area contributed by atoms with E-state index < -0.39 is 0 Å². The molecule has 0 unspecified atom stereocenters. The van der Waals surface area contributed by atoms with Gasteiger partial charge in [0, 0.05) is 18.6 Å². The summed E-state index contributed by atoms with van der Waals surface area (Å²) in [4.78, 5) is 17.8. The van der Waals surface area contributed by atoms with Gasteiger partial charge in [0.15, 0.2) is 16.6 Å². The van der Waals surface area contributed by atoms with Gasteiger partial charge in [0.05, 0.1) is 11.7 Å². The highest BCUT2D eigenvalue weighted by molar-refractivity contribution is 7.16. The van der Waals surface area contributed by atoms with Crippen LogP contribution in [0.1, 0.15) is 34.2 Å². The number of carbonyl (C=O) groups is 1. The SMILES string of the molecule is Cc1nc(-n2cccc2)sc1C(=O)N[C@@H](C)c1nnc2ccccn12. The summed E-state index contributed by atoms with van der Waals surface area (Å²) in [5.41, 5.74) is 1.46. The summed E-state index contributed by atoms with van der Waals surface area (Å²) in [6.45, 7) is 3.74. The van der Waals surface area contributed by atoms with E-state index in [-0.39, 0.29) is 11.9 Å². The number of hydrogen-bond acceptors (Lipinski definition) is 5. The molecule has 4 heterocycles. The molecular weight excluding hydrogens is 336 g/mol. The van der Waals surface area contributed by atoms with Gasteiger partial charge in [-0.1, -0.05) is 17.4 Å². The Labute approximate surface area is 148 Å². The predicted molar refractivity (Wildman–Crippen MR) is 95.0 cm³/mol. The largest absolute Gasteiger partial charge is 0.342 e. The van der Waals surface area contributed by atoms with E-state index in [1.165, 1.54) is 11.3 Å². The summed E-state index contributed by atoms with van der Waals surface area (Å²) in [7, 11) is 0. The molecule has 0 aliphatic heterocycles. The second kappa shape index (κ2) is 6.14. The summed E-state index contributed by atoms with van der Waals surface area (Å²) >= 11 is 1.37. The van der Waals surface area contributed by atoms with Gasteiger partial charge in [0.2, 0.25) is 0 Å². The summed E-state index contributed by atoms with van der Waals surface area (Å²) in [6.07, 6.45) is 5.70. The second-order valence-electron chi connectivity index (χ2n) is 5.68. The number of aromatic nitrogens is 5. The van der Waals surface area contributed by atoms with E-state index in [1.54, 1.807) is 0 Å². The summed E-state index contributed by atoms with van der Waals surface area (Å²) in [5, 5.41) is 12.1. The minimum absolute atomic E-state index is 0.159. The molecule has 0 bridgehead atoms. The van der Waals surface area contributed by atoms with E-state index >= 15 is 0 Å². The van der Waals surface area contributed by atoms with E-state index in [2.05, 4.69) is 20.5 Å². The third-order valence-electron chi connectivity index (χ3n) is 3.89. The first-order chi connectivity index (χ1) is 12.1. The first-order valence-electron chi connectivity index (χ1n) is 7.85. The van der Waals surface area contributed by atoms with Crippen LogP contribution < -0.4 is 5.32 Å². The van der Waals surface area contributed by atoms with Crippen LogP contribution in [-0.4, -0.2) is 30.1 Å². The zero-order chi connectivity index (χ0) is 17.4. The van der Waals surface area contributed by atoms with Gasteiger partial charge < -0.3 is 9.88 Å². The minimum Gasteiger partial charge on any atom is -0.342 e. The van der Waals surface area contributed by atoms with E-state index in [4.69, 9.17) is 0 Å². The molecule has 0 saturated carbocycles. The number of amides is 1. The number of pyridine rings is 1. The molecule has 4 aromatic heterocycles. The smallest absolute Gasteiger partial charge is 0.263 e. The molecule has 0 fully saturated rings. The van der Waals surface area contributed by atoms with Gasteiger partial charge in [-0.3, -0.25) is 9.20 Å². The van der Waals surface area contributed by atoms with Crippen molar-refractivity contribution in [2.45, 2.75) is 19.9 Å². The van der Waals surface area contributed by atoms with Crippen LogP contribution >= 0.6 is 11.3 Å². The van der Waals surface area contributed by atoms with E-state index in [0.29, 0.717) is 16.4 Å². The molecule has 126 valence electrons. The first kappa shape index (κ1) is 15.5. The van der Waals surface area contributed by atoms with Gasteiger partial charge in [-0.25, -0.2) is 4.98 Å². The van der Waals surface area contributed by atoms with Crippen molar-refractivity contribution in [3.05, 3.63) is 65.3 Å². The Kier molecular flexibility index (Phi) is 3.81. The van der Waals surface area contributed by atoms with E-state index in [1.807, 2.05) is 71.7 Å². The fraction of sp³-hybridized carbons (Fsp3) is 0.176. The average Bonchev–Trinajstić information content (AvgIpc) is 3.33. The monoisotopic (exact) mass is 352 g/mol. The van der Waals surface area contributed by atoms with Gasteiger partial charge in [-0.15, -0.1) is 10.2 Å². The number of rotatable bonds is 4. The first-order valence-corrected chi connectivity index (χ1v) is 8.66. The Morgan fingerprint density at radius 1 is 1.16 bits per heavy atom. The molecule has 0 radical (unpaired) electrons. The fourth-order valence-corrected chi connectivity index (χ4v) is 3.58. The number of carbonyl (C=O) groups excluding carboxylic acids is 1. The molecule has 0 spiro atoms. The number of thiazole rings is 1. The zero-order valence-corrected chi connectivity index (χ0v) is 14.6. The van der Waals surface area contributed by atoms with Crippen molar-refractivity contribution >= 4 is 22.9 Å². The van der Waals surface area contributed by atoms with Crippen molar-refractivity contribution in [1.82, 2.24) is 29.5 Å². The highest BCUT2D eigenvalue weighted by atomic mass is 32.1. The van der Waals surface area contributed by atoms with Crippen LogP contribution in [0.25, 0.3) is 10.8 Å². The van der Waals surface area contributed by atoms with Crippen LogP contribution in [0.4, 0.5) is 0 Å². The lowest BCUT2D eigenvalue weighted by molar-refractivity contribution is 0.0941. The normalized spacial score (nSPS) is 12.4. The summed E-state index contributed by atoms with van der Waals surface area (Å²) in [5.74, 6) is 0.533. The van der Waals surface area contributed by atoms with Crippen LogP contribution in [-0.2, 0) is 0 Å². The van der Waals surface area contributed by atoms with Crippen LogP contribution in [0.15, 0.2) is 48.9 Å². The number of fused-ring (bicyclic) bond motifs is 1. The molecule has 0 saturated heterocycles. The number of aryl methyl sites for hydroxylation is 1. The Bertz CT molecular complexity index is 1030. The molecule has 8 heteroatoms. The standard InChI is InChI=1S/C17H16N6OS/c1-11-14(25-17(19-11)22-8-5-6-9-22)16(24)18-12(2)15-21-20-13-7-3-4-10-23(13)15/h3-10,12H,1-2H3,(H,18,24)/t12-/m0/s1. The molecule has 0 aromatic carbocycles. The average molecular weight is 352 g/mol. The molecule has 1 N–H and O–H groups in total. The van der Waals surface area contributed by atoms with Crippen LogP contribution in [0.2, 0.25) is 0 Å². The molecule has 0 aliphatic rings. The molecular formula is C17H16N6OS. The number of hydrogen-bond donors (Lipinski definition) is 1. The maximum Gasteiger partial charge on any atom is 0.263 e. The summed E-state index contributed by atoms with van der Waals surface area (Å²) in [6, 6.07) is 9.26. The molecule has 4 aromatic rings. The maximum absolute atomic E-state index is 12.7. The molecule has 0 aliphatic carbocycles. The van der Waals surface area contributed by atoms with Crippen molar-refractivity contribution in [3.63, 3.8) is 0 Å². The third-order valence-corrected chi connectivity index (χ3v) is 5.06. The van der Waals surface area contributed by atoms with Gasteiger partial charge in [0.25, 0.3) is 5.91 Å². The van der Waals surface area contributed by atoms with Crippen LogP contribution in [0.3, 0.4) is 0 Å². The van der Waals surface area contributed by atoms with Gasteiger partial charge in [-0.05, 0) is 38.1 Å². The lowest BCUT2D eigenvalue weighted by Gasteiger charge is -2.11. The van der Waals surface area contributed by atoms with Crippen molar-refractivity contribution in [3.8, 4) is 5.13 Å². The van der Waals surface area contributed by atoms with Crippen molar-refractivity contribution in [2.24, 2.45) is 0 Å². The fourth-order valence-electron chi connectivity index (χ4n) is 2.65. The van der Waals surface area contributed by atoms with Crippen molar-refractivity contribution < 1.29 is 4.79 Å². The molecule has 4 rings (SSSR count). The Balaban J connectivity index is 1.58. The Morgan fingerprint density at radius 2 is 1.92 bits per heavy atom. The van der Waals surface area contributed by atoms with Gasteiger partial charge in [-0.2, -0.15) is 0 Å². The van der Waals surface area contributed by atoms with E-state index in [9.17, 15) is 4.79 Å².